The van der Waals surface area contributed by atoms with Crippen molar-refractivity contribution in [2.24, 2.45) is 5.92 Å². The summed E-state index contributed by atoms with van der Waals surface area (Å²) < 4.78 is 6.93. The highest BCUT2D eigenvalue weighted by molar-refractivity contribution is 9.10. The summed E-state index contributed by atoms with van der Waals surface area (Å²) in [4.78, 5) is 0. The van der Waals surface area contributed by atoms with Crippen molar-refractivity contribution in [1.82, 2.24) is 5.32 Å². The fourth-order valence-corrected chi connectivity index (χ4v) is 2.88. The minimum atomic E-state index is 0.531. The van der Waals surface area contributed by atoms with E-state index in [0.717, 1.165) is 35.7 Å². The summed E-state index contributed by atoms with van der Waals surface area (Å²) in [5.41, 5.74) is 1.23. The molecule has 0 saturated carbocycles. The molecule has 0 fully saturated rings. The highest BCUT2D eigenvalue weighted by Gasteiger charge is 2.13. The van der Waals surface area contributed by atoms with Crippen molar-refractivity contribution in [2.45, 2.75) is 59.5 Å². The van der Waals surface area contributed by atoms with Crippen molar-refractivity contribution >= 4 is 15.9 Å². The van der Waals surface area contributed by atoms with Crippen LogP contribution in [0.5, 0.6) is 5.75 Å². The molecule has 0 amide bonds. The van der Waals surface area contributed by atoms with Crippen LogP contribution in [0.25, 0.3) is 0 Å². The van der Waals surface area contributed by atoms with Crippen LogP contribution < -0.4 is 10.1 Å². The molecule has 1 aromatic carbocycles. The number of hydrogen-bond donors (Lipinski definition) is 1. The number of rotatable bonds is 9. The maximum atomic E-state index is 5.83. The van der Waals surface area contributed by atoms with Crippen LogP contribution in [-0.4, -0.2) is 12.6 Å². The first-order valence-corrected chi connectivity index (χ1v) is 8.56. The van der Waals surface area contributed by atoms with Gasteiger partial charge in [-0.15, -0.1) is 0 Å². The summed E-state index contributed by atoms with van der Waals surface area (Å²) in [5.74, 6) is 1.74. The molecule has 1 aromatic rings. The second-order valence-corrected chi connectivity index (χ2v) is 6.26. The molecule has 0 saturated heterocycles. The molecule has 0 aliphatic carbocycles. The van der Waals surface area contributed by atoms with E-state index < -0.39 is 0 Å². The minimum Gasteiger partial charge on any atom is -0.493 e. The third-order valence-electron chi connectivity index (χ3n) is 3.85. The lowest BCUT2D eigenvalue weighted by atomic mass is 9.95. The average molecular weight is 342 g/mol. The van der Waals surface area contributed by atoms with E-state index in [-0.39, 0.29) is 0 Å². The van der Waals surface area contributed by atoms with E-state index in [1.807, 2.05) is 6.07 Å². The molecule has 0 aliphatic rings. The van der Waals surface area contributed by atoms with Crippen molar-refractivity contribution in [3.8, 4) is 5.75 Å². The largest absolute Gasteiger partial charge is 0.493 e. The molecule has 3 heteroatoms. The molecule has 1 unspecified atom stereocenters. The van der Waals surface area contributed by atoms with Gasteiger partial charge in [0.25, 0.3) is 0 Å². The lowest BCUT2D eigenvalue weighted by Crippen LogP contribution is -2.32. The smallest absolute Gasteiger partial charge is 0.123 e. The molecular weight excluding hydrogens is 314 g/mol. The molecule has 20 heavy (non-hydrogen) atoms. The van der Waals surface area contributed by atoms with Crippen LogP contribution in [0.3, 0.4) is 0 Å². The molecule has 114 valence electrons. The van der Waals surface area contributed by atoms with Gasteiger partial charge < -0.3 is 10.1 Å². The number of hydrogen-bond acceptors (Lipinski definition) is 2. The SMILES string of the molecule is CCCOc1ccc(Br)cc1CNC(C)C(CC)CC. The molecule has 0 bridgehead atoms. The highest BCUT2D eigenvalue weighted by atomic mass is 79.9. The summed E-state index contributed by atoms with van der Waals surface area (Å²) >= 11 is 3.54. The third kappa shape index (κ3) is 5.45. The van der Waals surface area contributed by atoms with E-state index in [1.54, 1.807) is 0 Å². The quantitative estimate of drug-likeness (QED) is 0.670. The first kappa shape index (κ1) is 17.5. The van der Waals surface area contributed by atoms with Crippen molar-refractivity contribution < 1.29 is 4.74 Å². The summed E-state index contributed by atoms with van der Waals surface area (Å²) in [6.07, 6.45) is 3.48. The Balaban J connectivity index is 2.67. The first-order chi connectivity index (χ1) is 9.62. The average Bonchev–Trinajstić information content (AvgIpc) is 2.45. The van der Waals surface area contributed by atoms with Crippen LogP contribution in [0.2, 0.25) is 0 Å². The Hall–Kier alpha value is -0.540. The zero-order valence-electron chi connectivity index (χ0n) is 13.2. The van der Waals surface area contributed by atoms with Gasteiger partial charge in [0, 0.05) is 22.6 Å². The lowest BCUT2D eigenvalue weighted by Gasteiger charge is -2.23. The molecule has 0 radical (unpaired) electrons. The van der Waals surface area contributed by atoms with Crippen LogP contribution in [0.15, 0.2) is 22.7 Å². The fourth-order valence-electron chi connectivity index (χ4n) is 2.47. The summed E-state index contributed by atoms with van der Waals surface area (Å²) in [5, 5.41) is 3.64. The molecule has 0 aromatic heterocycles. The zero-order chi connectivity index (χ0) is 15.0. The third-order valence-corrected chi connectivity index (χ3v) is 4.35. The van der Waals surface area contributed by atoms with Gasteiger partial charge in [-0.1, -0.05) is 49.5 Å². The van der Waals surface area contributed by atoms with Crippen LogP contribution in [0, 0.1) is 5.92 Å². The number of ether oxygens (including phenoxy) is 1. The van der Waals surface area contributed by atoms with E-state index >= 15 is 0 Å². The summed E-state index contributed by atoms with van der Waals surface area (Å²) in [6.45, 7) is 10.6. The molecule has 1 atom stereocenters. The van der Waals surface area contributed by atoms with Gasteiger partial charge in [-0.05, 0) is 37.5 Å². The van der Waals surface area contributed by atoms with E-state index in [9.17, 15) is 0 Å². The highest BCUT2D eigenvalue weighted by Crippen LogP contribution is 2.24. The molecule has 0 aliphatic heterocycles. The Kier molecular flexibility index (Phi) is 8.24. The Bertz CT molecular complexity index is 391. The van der Waals surface area contributed by atoms with Crippen molar-refractivity contribution in [1.29, 1.82) is 0 Å². The molecule has 0 spiro atoms. The van der Waals surface area contributed by atoms with Gasteiger partial charge in [-0.3, -0.25) is 0 Å². The summed E-state index contributed by atoms with van der Waals surface area (Å²) in [6, 6.07) is 6.78. The molecular formula is C17H28BrNO. The van der Waals surface area contributed by atoms with Crippen LogP contribution in [0.4, 0.5) is 0 Å². The molecule has 1 N–H and O–H groups in total. The van der Waals surface area contributed by atoms with Crippen LogP contribution in [-0.2, 0) is 6.54 Å². The standard InChI is InChI=1S/C17H28BrNO/c1-5-10-20-17-9-8-16(18)11-15(17)12-19-13(4)14(6-2)7-3/h8-9,11,13-14,19H,5-7,10,12H2,1-4H3. The zero-order valence-corrected chi connectivity index (χ0v) is 14.8. The van der Waals surface area contributed by atoms with Crippen molar-refractivity contribution in [3.63, 3.8) is 0 Å². The van der Waals surface area contributed by atoms with Crippen molar-refractivity contribution in [2.75, 3.05) is 6.61 Å². The predicted molar refractivity (Wildman–Crippen MR) is 90.3 cm³/mol. The maximum absolute atomic E-state index is 5.83. The number of nitrogens with one attached hydrogen (secondary N) is 1. The van der Waals surface area contributed by atoms with Gasteiger partial charge in [0.15, 0.2) is 0 Å². The summed E-state index contributed by atoms with van der Waals surface area (Å²) in [7, 11) is 0. The van der Waals surface area contributed by atoms with Gasteiger partial charge in [0.1, 0.15) is 5.75 Å². The number of halogens is 1. The van der Waals surface area contributed by atoms with E-state index in [2.05, 4.69) is 61.1 Å². The molecule has 0 heterocycles. The van der Waals surface area contributed by atoms with Gasteiger partial charge >= 0.3 is 0 Å². The van der Waals surface area contributed by atoms with E-state index in [0.29, 0.717) is 6.04 Å². The Morgan fingerprint density at radius 2 is 1.90 bits per heavy atom. The minimum absolute atomic E-state index is 0.531. The van der Waals surface area contributed by atoms with Gasteiger partial charge in [-0.2, -0.15) is 0 Å². The fraction of sp³-hybridized carbons (Fsp3) is 0.647. The Morgan fingerprint density at radius 1 is 1.20 bits per heavy atom. The topological polar surface area (TPSA) is 21.3 Å². The second-order valence-electron chi connectivity index (χ2n) is 5.35. The van der Waals surface area contributed by atoms with E-state index in [4.69, 9.17) is 4.74 Å². The van der Waals surface area contributed by atoms with Gasteiger partial charge in [0.05, 0.1) is 6.61 Å². The first-order valence-electron chi connectivity index (χ1n) is 7.76. The van der Waals surface area contributed by atoms with Gasteiger partial charge in [-0.25, -0.2) is 0 Å². The maximum Gasteiger partial charge on any atom is 0.123 e. The van der Waals surface area contributed by atoms with Crippen molar-refractivity contribution in [3.05, 3.63) is 28.2 Å². The number of benzene rings is 1. The molecule has 1 rings (SSSR count). The Morgan fingerprint density at radius 3 is 2.50 bits per heavy atom. The van der Waals surface area contributed by atoms with Crippen LogP contribution >= 0.6 is 15.9 Å². The van der Waals surface area contributed by atoms with Gasteiger partial charge in [0.2, 0.25) is 0 Å². The normalized spacial score (nSPS) is 12.7. The lowest BCUT2D eigenvalue weighted by molar-refractivity contribution is 0.309. The molecule has 2 nitrogen and oxygen atoms in total. The second kappa shape index (κ2) is 9.41. The van der Waals surface area contributed by atoms with E-state index in [1.165, 1.54) is 18.4 Å². The van der Waals surface area contributed by atoms with Crippen LogP contribution in [0.1, 0.15) is 52.5 Å². The monoisotopic (exact) mass is 341 g/mol. The predicted octanol–water partition coefficient (Wildman–Crippen LogP) is 5.15. The Labute approximate surface area is 132 Å².